The molecule has 0 bridgehead atoms. The van der Waals surface area contributed by atoms with Crippen LogP contribution in [0.2, 0.25) is 0 Å². The summed E-state index contributed by atoms with van der Waals surface area (Å²) in [4.78, 5) is 17.9. The van der Waals surface area contributed by atoms with Crippen LogP contribution in [0.3, 0.4) is 0 Å². The number of nitrogens with two attached hydrogens (primary N) is 1. The largest absolute Gasteiger partial charge is 0.361 e. The van der Waals surface area contributed by atoms with Crippen LogP contribution in [0.15, 0.2) is 30.5 Å². The summed E-state index contributed by atoms with van der Waals surface area (Å²) in [6.07, 6.45) is 5.17. The van der Waals surface area contributed by atoms with E-state index in [0.29, 0.717) is 12.5 Å². The highest BCUT2D eigenvalue weighted by molar-refractivity contribution is 6.06. The number of benzene rings is 1. The van der Waals surface area contributed by atoms with Gasteiger partial charge >= 0.3 is 0 Å². The number of carbonyl (C=O) groups is 1. The molecule has 1 aliphatic heterocycles. The molecule has 20 heavy (non-hydrogen) atoms. The second-order valence-electron chi connectivity index (χ2n) is 5.58. The third-order valence-corrected chi connectivity index (χ3v) is 4.21. The highest BCUT2D eigenvalue weighted by Gasteiger charge is 2.24. The van der Waals surface area contributed by atoms with E-state index in [4.69, 9.17) is 5.73 Å². The molecular formula is C16H21N3O. The molecule has 1 aromatic carbocycles. The van der Waals surface area contributed by atoms with E-state index < -0.39 is 0 Å². The Labute approximate surface area is 118 Å². The minimum atomic E-state index is 0.150. The Balaban J connectivity index is 1.83. The number of likely N-dealkylation sites (tertiary alicyclic amines) is 1. The van der Waals surface area contributed by atoms with Gasteiger partial charge in [0.15, 0.2) is 0 Å². The number of hydrogen-bond donors (Lipinski definition) is 2. The number of H-pyrrole nitrogens is 1. The van der Waals surface area contributed by atoms with Gasteiger partial charge in [-0.05, 0) is 49.9 Å². The van der Waals surface area contributed by atoms with Crippen LogP contribution in [-0.2, 0) is 0 Å². The van der Waals surface area contributed by atoms with Gasteiger partial charge in [-0.3, -0.25) is 4.79 Å². The number of nitrogens with zero attached hydrogens (tertiary/aromatic N) is 1. The maximum Gasteiger partial charge on any atom is 0.254 e. The third kappa shape index (κ3) is 2.43. The topological polar surface area (TPSA) is 62.1 Å². The molecule has 1 aromatic heterocycles. The zero-order valence-electron chi connectivity index (χ0n) is 11.6. The summed E-state index contributed by atoms with van der Waals surface area (Å²) in [7, 11) is 0. The van der Waals surface area contributed by atoms with E-state index >= 15 is 0 Å². The molecule has 0 spiro atoms. The Bertz CT molecular complexity index is 603. The molecular weight excluding hydrogens is 250 g/mol. The van der Waals surface area contributed by atoms with Crippen LogP contribution in [0.4, 0.5) is 0 Å². The van der Waals surface area contributed by atoms with Gasteiger partial charge in [-0.25, -0.2) is 0 Å². The van der Waals surface area contributed by atoms with Gasteiger partial charge in [-0.2, -0.15) is 0 Å². The lowest BCUT2D eigenvalue weighted by Crippen LogP contribution is -2.40. The first kappa shape index (κ1) is 13.2. The van der Waals surface area contributed by atoms with Crippen molar-refractivity contribution in [1.29, 1.82) is 0 Å². The molecule has 1 amide bonds. The number of carbonyl (C=O) groups excluding carboxylic acids is 1. The quantitative estimate of drug-likeness (QED) is 0.900. The molecule has 2 aromatic rings. The van der Waals surface area contributed by atoms with Crippen LogP contribution in [0.25, 0.3) is 10.9 Å². The standard InChI is InChI=1S/C16H21N3O/c17-8-6-12-3-2-10-19(11-12)16(20)14-4-1-5-15-13(14)7-9-18-15/h1,4-5,7,9,12,18H,2-3,6,8,10-11,17H2. The number of piperidine rings is 1. The summed E-state index contributed by atoms with van der Waals surface area (Å²) in [6, 6.07) is 7.84. The molecule has 3 rings (SSSR count). The van der Waals surface area contributed by atoms with Crippen molar-refractivity contribution in [1.82, 2.24) is 9.88 Å². The van der Waals surface area contributed by atoms with E-state index in [1.807, 2.05) is 35.4 Å². The molecule has 106 valence electrons. The number of aromatic nitrogens is 1. The van der Waals surface area contributed by atoms with Crippen LogP contribution in [0.5, 0.6) is 0 Å². The second-order valence-corrected chi connectivity index (χ2v) is 5.58. The first-order chi connectivity index (χ1) is 9.79. The van der Waals surface area contributed by atoms with E-state index in [1.54, 1.807) is 0 Å². The zero-order chi connectivity index (χ0) is 13.9. The number of nitrogens with one attached hydrogen (secondary N) is 1. The predicted octanol–water partition coefficient (Wildman–Crippen LogP) is 2.37. The highest BCUT2D eigenvalue weighted by atomic mass is 16.2. The van der Waals surface area contributed by atoms with Crippen molar-refractivity contribution >= 4 is 16.8 Å². The lowest BCUT2D eigenvalue weighted by molar-refractivity contribution is 0.0671. The molecule has 0 aliphatic carbocycles. The predicted molar refractivity (Wildman–Crippen MR) is 80.6 cm³/mol. The van der Waals surface area contributed by atoms with Crippen molar-refractivity contribution < 1.29 is 4.79 Å². The first-order valence-electron chi connectivity index (χ1n) is 7.35. The number of fused-ring (bicyclic) bond motifs is 1. The summed E-state index contributed by atoms with van der Waals surface area (Å²) in [5, 5.41) is 1.01. The lowest BCUT2D eigenvalue weighted by Gasteiger charge is -2.32. The molecule has 0 saturated carbocycles. The van der Waals surface area contributed by atoms with Crippen molar-refractivity contribution in [2.24, 2.45) is 11.7 Å². The van der Waals surface area contributed by atoms with Gasteiger partial charge in [0.2, 0.25) is 0 Å². The van der Waals surface area contributed by atoms with Crippen molar-refractivity contribution in [2.75, 3.05) is 19.6 Å². The molecule has 1 aliphatic rings. The monoisotopic (exact) mass is 271 g/mol. The molecule has 1 atom stereocenters. The van der Waals surface area contributed by atoms with E-state index in [0.717, 1.165) is 42.4 Å². The molecule has 0 radical (unpaired) electrons. The fraction of sp³-hybridized carbons (Fsp3) is 0.438. The highest BCUT2D eigenvalue weighted by Crippen LogP contribution is 2.24. The van der Waals surface area contributed by atoms with Crippen molar-refractivity contribution in [3.8, 4) is 0 Å². The molecule has 2 heterocycles. The smallest absolute Gasteiger partial charge is 0.254 e. The fourth-order valence-corrected chi connectivity index (χ4v) is 3.16. The normalized spacial score (nSPS) is 19.4. The summed E-state index contributed by atoms with van der Waals surface area (Å²) in [5.74, 6) is 0.708. The number of hydrogen-bond acceptors (Lipinski definition) is 2. The van der Waals surface area contributed by atoms with Crippen LogP contribution >= 0.6 is 0 Å². The average Bonchev–Trinajstić information content (AvgIpc) is 2.95. The maximum absolute atomic E-state index is 12.7. The molecule has 4 heteroatoms. The van der Waals surface area contributed by atoms with Gasteiger partial charge in [0.25, 0.3) is 5.91 Å². The minimum Gasteiger partial charge on any atom is -0.361 e. The first-order valence-corrected chi connectivity index (χ1v) is 7.35. The minimum absolute atomic E-state index is 0.150. The maximum atomic E-state index is 12.7. The van der Waals surface area contributed by atoms with Crippen molar-refractivity contribution in [2.45, 2.75) is 19.3 Å². The second kappa shape index (κ2) is 5.67. The summed E-state index contributed by atoms with van der Waals surface area (Å²) < 4.78 is 0. The third-order valence-electron chi connectivity index (χ3n) is 4.21. The van der Waals surface area contributed by atoms with Crippen LogP contribution in [0, 0.1) is 5.92 Å². The van der Waals surface area contributed by atoms with Crippen molar-refractivity contribution in [3.63, 3.8) is 0 Å². The van der Waals surface area contributed by atoms with E-state index in [1.165, 1.54) is 6.42 Å². The number of rotatable bonds is 3. The van der Waals surface area contributed by atoms with Gasteiger partial charge in [0.1, 0.15) is 0 Å². The van der Waals surface area contributed by atoms with E-state index in [9.17, 15) is 4.79 Å². The average molecular weight is 271 g/mol. The Morgan fingerprint density at radius 3 is 3.15 bits per heavy atom. The summed E-state index contributed by atoms with van der Waals surface area (Å²) >= 11 is 0. The Morgan fingerprint density at radius 2 is 2.30 bits per heavy atom. The zero-order valence-corrected chi connectivity index (χ0v) is 11.6. The van der Waals surface area contributed by atoms with Crippen LogP contribution in [-0.4, -0.2) is 35.4 Å². The van der Waals surface area contributed by atoms with Crippen LogP contribution < -0.4 is 5.73 Å². The van der Waals surface area contributed by atoms with Crippen LogP contribution in [0.1, 0.15) is 29.6 Å². The molecule has 4 nitrogen and oxygen atoms in total. The fourth-order valence-electron chi connectivity index (χ4n) is 3.16. The summed E-state index contributed by atoms with van der Waals surface area (Å²) in [6.45, 7) is 2.41. The Kier molecular flexibility index (Phi) is 3.74. The summed E-state index contributed by atoms with van der Waals surface area (Å²) in [5.41, 5.74) is 7.47. The Morgan fingerprint density at radius 1 is 1.40 bits per heavy atom. The molecule has 1 saturated heterocycles. The van der Waals surface area contributed by atoms with E-state index in [-0.39, 0.29) is 5.91 Å². The van der Waals surface area contributed by atoms with Gasteiger partial charge in [0.05, 0.1) is 0 Å². The molecule has 1 unspecified atom stereocenters. The van der Waals surface area contributed by atoms with Gasteiger partial charge in [-0.1, -0.05) is 6.07 Å². The molecule has 3 N–H and O–H groups in total. The number of amides is 1. The van der Waals surface area contributed by atoms with Gasteiger partial charge in [0, 0.05) is 35.8 Å². The SMILES string of the molecule is NCCC1CCCN(C(=O)c2cccc3[nH]ccc23)C1. The van der Waals surface area contributed by atoms with Gasteiger partial charge in [-0.15, -0.1) is 0 Å². The number of aromatic amines is 1. The van der Waals surface area contributed by atoms with E-state index in [2.05, 4.69) is 4.98 Å². The molecule has 1 fully saturated rings. The van der Waals surface area contributed by atoms with Gasteiger partial charge < -0.3 is 15.6 Å². The van der Waals surface area contributed by atoms with Crippen molar-refractivity contribution in [3.05, 3.63) is 36.0 Å². The Hall–Kier alpha value is -1.81. The lowest BCUT2D eigenvalue weighted by atomic mass is 9.94.